The molecule has 0 amide bonds. The first-order valence-corrected chi connectivity index (χ1v) is 15.7. The summed E-state index contributed by atoms with van der Waals surface area (Å²) in [7, 11) is 0. The van der Waals surface area contributed by atoms with Gasteiger partial charge in [-0.1, -0.05) is 33.6 Å². The Morgan fingerprint density at radius 3 is 2.67 bits per heavy atom. The van der Waals surface area contributed by atoms with E-state index < -0.39 is 5.60 Å². The SMILES string of the molecule is C[C@H](CCC(=O)OC12C[C@@H]3CC1OC(=O)C2C3)[C@H]1CC[C@H]2[C@@H]3CC[C@@H]4CCCC[C@]4(C)[C@H]3CC[C@]12C. The second-order valence-electron chi connectivity index (χ2n) is 15.1. The molecule has 0 spiro atoms. The van der Waals surface area contributed by atoms with E-state index in [1.54, 1.807) is 0 Å². The second-order valence-corrected chi connectivity index (χ2v) is 15.1. The molecule has 7 aliphatic rings. The van der Waals surface area contributed by atoms with Gasteiger partial charge < -0.3 is 9.47 Å². The van der Waals surface area contributed by atoms with E-state index in [9.17, 15) is 9.59 Å². The van der Waals surface area contributed by atoms with Gasteiger partial charge in [0.2, 0.25) is 0 Å². The van der Waals surface area contributed by atoms with Crippen molar-refractivity contribution in [1.29, 1.82) is 0 Å². The quantitative estimate of drug-likeness (QED) is 0.381. The molecule has 0 aromatic heterocycles. The highest BCUT2D eigenvalue weighted by molar-refractivity contribution is 5.80. The van der Waals surface area contributed by atoms with Crippen molar-refractivity contribution in [2.45, 2.75) is 129 Å². The number of rotatable bonds is 5. The molecular weight excluding hydrogens is 448 g/mol. The van der Waals surface area contributed by atoms with Gasteiger partial charge in [0.15, 0.2) is 5.60 Å². The van der Waals surface area contributed by atoms with E-state index in [1.807, 2.05) is 0 Å². The number of hydrogen-bond donors (Lipinski definition) is 0. The molecule has 3 unspecified atom stereocenters. The van der Waals surface area contributed by atoms with Crippen molar-refractivity contribution >= 4 is 11.9 Å². The van der Waals surface area contributed by atoms with Gasteiger partial charge in [-0.3, -0.25) is 9.59 Å². The highest BCUT2D eigenvalue weighted by Gasteiger charge is 2.70. The summed E-state index contributed by atoms with van der Waals surface area (Å²) in [5, 5.41) is 0. The van der Waals surface area contributed by atoms with Crippen LogP contribution in [0.5, 0.6) is 0 Å². The summed E-state index contributed by atoms with van der Waals surface area (Å²) in [4.78, 5) is 25.3. The molecule has 0 N–H and O–H groups in total. The normalized spacial score (nSPS) is 53.4. The molecule has 6 aliphatic carbocycles. The molecule has 4 heteroatoms. The Bertz CT molecular complexity index is 929. The lowest BCUT2D eigenvalue weighted by atomic mass is 9.44. The van der Waals surface area contributed by atoms with E-state index in [-0.39, 0.29) is 24.0 Å². The maximum atomic E-state index is 13.1. The summed E-state index contributed by atoms with van der Waals surface area (Å²) in [6.07, 6.45) is 18.2. The van der Waals surface area contributed by atoms with Crippen LogP contribution in [0, 0.1) is 58.2 Å². The van der Waals surface area contributed by atoms with Crippen molar-refractivity contribution in [3.63, 3.8) is 0 Å². The molecule has 200 valence electrons. The van der Waals surface area contributed by atoms with Gasteiger partial charge in [-0.05, 0) is 129 Å². The van der Waals surface area contributed by atoms with E-state index in [0.29, 0.717) is 29.1 Å². The van der Waals surface area contributed by atoms with Crippen LogP contribution in [-0.4, -0.2) is 23.6 Å². The largest absolute Gasteiger partial charge is 0.458 e. The number of esters is 2. The summed E-state index contributed by atoms with van der Waals surface area (Å²) in [6.45, 7) is 7.72. The van der Waals surface area contributed by atoms with Crippen LogP contribution in [0.25, 0.3) is 0 Å². The van der Waals surface area contributed by atoms with Crippen molar-refractivity contribution in [2.24, 2.45) is 58.2 Å². The van der Waals surface area contributed by atoms with Crippen molar-refractivity contribution < 1.29 is 19.1 Å². The molecule has 0 aromatic carbocycles. The van der Waals surface area contributed by atoms with E-state index in [0.717, 1.165) is 55.3 Å². The number of fused-ring (bicyclic) bond motifs is 6. The Hall–Kier alpha value is -1.06. The third kappa shape index (κ3) is 3.23. The van der Waals surface area contributed by atoms with E-state index in [1.165, 1.54) is 64.2 Å². The fourth-order valence-corrected chi connectivity index (χ4v) is 12.2. The van der Waals surface area contributed by atoms with Gasteiger partial charge >= 0.3 is 11.9 Å². The lowest BCUT2D eigenvalue weighted by molar-refractivity contribution is -0.166. The maximum Gasteiger partial charge on any atom is 0.313 e. The maximum absolute atomic E-state index is 13.1. The van der Waals surface area contributed by atoms with Crippen molar-refractivity contribution in [3.8, 4) is 0 Å². The predicted octanol–water partition coefficient (Wildman–Crippen LogP) is 7.09. The zero-order valence-corrected chi connectivity index (χ0v) is 22.9. The summed E-state index contributed by atoms with van der Waals surface area (Å²) < 4.78 is 11.7. The molecule has 0 radical (unpaired) electrons. The molecule has 1 saturated heterocycles. The minimum atomic E-state index is -0.626. The Labute approximate surface area is 218 Å². The second kappa shape index (κ2) is 8.22. The Morgan fingerprint density at radius 2 is 1.83 bits per heavy atom. The van der Waals surface area contributed by atoms with Gasteiger partial charge in [0.25, 0.3) is 0 Å². The molecule has 0 aromatic rings. The minimum Gasteiger partial charge on any atom is -0.458 e. The molecule has 7 rings (SSSR count). The number of ether oxygens (including phenoxy) is 2. The van der Waals surface area contributed by atoms with Crippen LogP contribution >= 0.6 is 0 Å². The number of carbonyl (C=O) groups is 2. The van der Waals surface area contributed by atoms with Gasteiger partial charge in [0.1, 0.15) is 12.0 Å². The number of carbonyl (C=O) groups excluding carboxylic acids is 2. The Balaban J connectivity index is 0.993. The molecule has 12 atom stereocenters. The molecule has 2 bridgehead atoms. The van der Waals surface area contributed by atoms with Crippen LogP contribution in [0.15, 0.2) is 0 Å². The van der Waals surface area contributed by atoms with Crippen molar-refractivity contribution in [3.05, 3.63) is 0 Å². The fourth-order valence-electron chi connectivity index (χ4n) is 12.2. The predicted molar refractivity (Wildman–Crippen MR) is 138 cm³/mol. The molecule has 6 saturated carbocycles. The zero-order valence-electron chi connectivity index (χ0n) is 22.9. The lowest BCUT2D eigenvalue weighted by Crippen LogP contribution is -2.53. The topological polar surface area (TPSA) is 52.6 Å². The Morgan fingerprint density at radius 1 is 1.00 bits per heavy atom. The highest BCUT2D eigenvalue weighted by atomic mass is 16.6. The van der Waals surface area contributed by atoms with Gasteiger partial charge in [0, 0.05) is 6.42 Å². The smallest absolute Gasteiger partial charge is 0.313 e. The first-order valence-electron chi connectivity index (χ1n) is 15.7. The van der Waals surface area contributed by atoms with E-state index in [4.69, 9.17) is 9.47 Å². The lowest BCUT2D eigenvalue weighted by Gasteiger charge is -2.61. The third-order valence-corrected chi connectivity index (χ3v) is 13.9. The first-order chi connectivity index (χ1) is 17.2. The first kappa shape index (κ1) is 24.0. The standard InChI is InChI=1S/C32H48O4/c1-19(7-12-28(33)36-32-18-20-16-26(32)29(34)35-27(32)17-20)23-10-11-24-22-9-8-21-6-4-5-14-30(21,2)25(22)13-15-31(23,24)3/h19-27H,4-18H2,1-3H3/t19-,20+,21+,22+,23-,24+,25+,26?,27?,30+,31-,32?/m1/s1. The molecule has 1 aliphatic heterocycles. The van der Waals surface area contributed by atoms with Gasteiger partial charge in [-0.15, -0.1) is 0 Å². The molecule has 1 heterocycles. The van der Waals surface area contributed by atoms with Crippen molar-refractivity contribution in [2.75, 3.05) is 0 Å². The minimum absolute atomic E-state index is 0.0929. The van der Waals surface area contributed by atoms with E-state index in [2.05, 4.69) is 20.8 Å². The fraction of sp³-hybridized carbons (Fsp3) is 0.938. The van der Waals surface area contributed by atoms with Crippen LogP contribution in [0.3, 0.4) is 0 Å². The average Bonchev–Trinajstić information content (AvgIpc) is 3.51. The molecule has 7 fully saturated rings. The highest BCUT2D eigenvalue weighted by Crippen LogP contribution is 2.68. The number of hydrogen-bond acceptors (Lipinski definition) is 4. The summed E-state index contributed by atoms with van der Waals surface area (Å²) in [5.41, 5.74) is 0.433. The van der Waals surface area contributed by atoms with Crippen LogP contribution < -0.4 is 0 Å². The van der Waals surface area contributed by atoms with Crippen LogP contribution in [0.1, 0.15) is 117 Å². The van der Waals surface area contributed by atoms with Crippen molar-refractivity contribution in [1.82, 2.24) is 0 Å². The average molecular weight is 497 g/mol. The zero-order chi connectivity index (χ0) is 24.9. The van der Waals surface area contributed by atoms with Gasteiger partial charge in [-0.25, -0.2) is 0 Å². The molecule has 4 nitrogen and oxygen atoms in total. The summed E-state index contributed by atoms with van der Waals surface area (Å²) in [6, 6.07) is 0. The van der Waals surface area contributed by atoms with Crippen LogP contribution in [-0.2, 0) is 19.1 Å². The third-order valence-electron chi connectivity index (χ3n) is 13.9. The molecule has 36 heavy (non-hydrogen) atoms. The summed E-state index contributed by atoms with van der Waals surface area (Å²) >= 11 is 0. The monoisotopic (exact) mass is 496 g/mol. The van der Waals surface area contributed by atoms with E-state index >= 15 is 0 Å². The Kier molecular flexibility index (Phi) is 5.48. The van der Waals surface area contributed by atoms with Crippen LogP contribution in [0.2, 0.25) is 0 Å². The van der Waals surface area contributed by atoms with Crippen LogP contribution in [0.4, 0.5) is 0 Å². The molecular formula is C32H48O4. The van der Waals surface area contributed by atoms with Gasteiger partial charge in [-0.2, -0.15) is 0 Å². The summed E-state index contributed by atoms with van der Waals surface area (Å²) in [5.74, 6) is 5.14. The van der Waals surface area contributed by atoms with Gasteiger partial charge in [0.05, 0.1) is 0 Å².